The van der Waals surface area contributed by atoms with Gasteiger partial charge in [-0.1, -0.05) is 30.8 Å². The van der Waals surface area contributed by atoms with Crippen molar-refractivity contribution in [1.82, 2.24) is 10.2 Å². The standard InChI is InChI=1S/C14H19N3O2S/c1-3-8-18-12-6-4-11(5-7-12)13(15)9-20-14-17-16-10(2)19-14/h4-7,13H,3,8-9,15H2,1-2H3. The van der Waals surface area contributed by atoms with Gasteiger partial charge in [0.2, 0.25) is 5.89 Å². The van der Waals surface area contributed by atoms with Gasteiger partial charge < -0.3 is 14.9 Å². The molecular formula is C14H19N3O2S. The average molecular weight is 293 g/mol. The molecule has 1 unspecified atom stereocenters. The van der Waals surface area contributed by atoms with Crippen molar-refractivity contribution in [3.05, 3.63) is 35.7 Å². The molecule has 108 valence electrons. The van der Waals surface area contributed by atoms with Crippen LogP contribution in [-0.2, 0) is 0 Å². The van der Waals surface area contributed by atoms with Gasteiger partial charge in [0.05, 0.1) is 6.61 Å². The number of ether oxygens (including phenoxy) is 1. The summed E-state index contributed by atoms with van der Waals surface area (Å²) in [6.07, 6.45) is 1.00. The van der Waals surface area contributed by atoms with Crippen LogP contribution in [0.25, 0.3) is 0 Å². The Kier molecular flexibility index (Phi) is 5.43. The van der Waals surface area contributed by atoms with Crippen molar-refractivity contribution in [2.75, 3.05) is 12.4 Å². The quantitative estimate of drug-likeness (QED) is 0.791. The summed E-state index contributed by atoms with van der Waals surface area (Å²) in [5.41, 5.74) is 7.22. The molecule has 20 heavy (non-hydrogen) atoms. The van der Waals surface area contributed by atoms with Crippen molar-refractivity contribution >= 4 is 11.8 Å². The predicted molar refractivity (Wildman–Crippen MR) is 78.9 cm³/mol. The number of rotatable bonds is 7. The molecule has 2 N–H and O–H groups in total. The number of thioether (sulfide) groups is 1. The third-order valence-corrected chi connectivity index (χ3v) is 3.61. The molecule has 0 spiro atoms. The lowest BCUT2D eigenvalue weighted by atomic mass is 10.1. The van der Waals surface area contributed by atoms with Crippen LogP contribution in [0.2, 0.25) is 0 Å². The fraction of sp³-hybridized carbons (Fsp3) is 0.429. The van der Waals surface area contributed by atoms with Gasteiger partial charge in [-0.25, -0.2) is 0 Å². The highest BCUT2D eigenvalue weighted by atomic mass is 32.2. The van der Waals surface area contributed by atoms with E-state index in [9.17, 15) is 0 Å². The Balaban J connectivity index is 1.86. The molecule has 0 aliphatic heterocycles. The minimum Gasteiger partial charge on any atom is -0.494 e. The highest BCUT2D eigenvalue weighted by Gasteiger charge is 2.10. The number of hydrogen-bond acceptors (Lipinski definition) is 6. The van der Waals surface area contributed by atoms with Crippen LogP contribution >= 0.6 is 11.8 Å². The highest BCUT2D eigenvalue weighted by molar-refractivity contribution is 7.99. The zero-order valence-corrected chi connectivity index (χ0v) is 12.5. The van der Waals surface area contributed by atoms with Gasteiger partial charge in [0.15, 0.2) is 0 Å². The molecule has 0 radical (unpaired) electrons. The molecular weight excluding hydrogens is 274 g/mol. The molecule has 6 heteroatoms. The summed E-state index contributed by atoms with van der Waals surface area (Å²) in [5, 5.41) is 8.27. The zero-order valence-electron chi connectivity index (χ0n) is 11.7. The molecule has 0 fully saturated rings. The van der Waals surface area contributed by atoms with Gasteiger partial charge in [-0.05, 0) is 24.1 Å². The maximum Gasteiger partial charge on any atom is 0.276 e. The molecule has 2 aromatic rings. The van der Waals surface area contributed by atoms with Crippen molar-refractivity contribution in [2.45, 2.75) is 31.5 Å². The fourth-order valence-corrected chi connectivity index (χ4v) is 2.42. The SMILES string of the molecule is CCCOc1ccc(C(N)CSc2nnc(C)o2)cc1. The van der Waals surface area contributed by atoms with Gasteiger partial charge in [0.25, 0.3) is 5.22 Å². The van der Waals surface area contributed by atoms with Gasteiger partial charge in [0.1, 0.15) is 5.75 Å². The molecule has 0 amide bonds. The largest absolute Gasteiger partial charge is 0.494 e. The molecule has 1 atom stereocenters. The third-order valence-electron chi connectivity index (χ3n) is 2.67. The second kappa shape index (κ2) is 7.31. The predicted octanol–water partition coefficient (Wildman–Crippen LogP) is 2.96. The molecule has 1 aromatic carbocycles. The Hall–Kier alpha value is -1.53. The molecule has 1 heterocycles. The molecule has 0 aliphatic carbocycles. The molecule has 0 saturated heterocycles. The normalized spacial score (nSPS) is 12.3. The van der Waals surface area contributed by atoms with E-state index in [1.54, 1.807) is 6.92 Å². The van der Waals surface area contributed by atoms with E-state index < -0.39 is 0 Å². The monoisotopic (exact) mass is 293 g/mol. The second-order valence-corrected chi connectivity index (χ2v) is 5.39. The van der Waals surface area contributed by atoms with Crippen LogP contribution in [0.4, 0.5) is 0 Å². The zero-order chi connectivity index (χ0) is 14.4. The Labute approximate surface area is 122 Å². The first kappa shape index (κ1) is 14.9. The van der Waals surface area contributed by atoms with Gasteiger partial charge in [-0.3, -0.25) is 0 Å². The smallest absolute Gasteiger partial charge is 0.276 e. The first-order valence-corrected chi connectivity index (χ1v) is 7.59. The summed E-state index contributed by atoms with van der Waals surface area (Å²) >= 11 is 1.47. The van der Waals surface area contributed by atoms with Crippen molar-refractivity contribution in [3.63, 3.8) is 0 Å². The molecule has 5 nitrogen and oxygen atoms in total. The van der Waals surface area contributed by atoms with Crippen LogP contribution in [0.3, 0.4) is 0 Å². The van der Waals surface area contributed by atoms with Crippen LogP contribution < -0.4 is 10.5 Å². The minimum atomic E-state index is -0.0765. The Morgan fingerprint density at radius 2 is 2.05 bits per heavy atom. The average Bonchev–Trinajstić information content (AvgIpc) is 2.89. The lowest BCUT2D eigenvalue weighted by molar-refractivity contribution is 0.317. The summed E-state index contributed by atoms with van der Waals surface area (Å²) in [7, 11) is 0. The summed E-state index contributed by atoms with van der Waals surface area (Å²) in [6.45, 7) is 4.59. The van der Waals surface area contributed by atoms with Crippen molar-refractivity contribution < 1.29 is 9.15 Å². The molecule has 0 bridgehead atoms. The first-order valence-electron chi connectivity index (χ1n) is 6.60. The van der Waals surface area contributed by atoms with Crippen LogP contribution in [0, 0.1) is 6.92 Å². The summed E-state index contributed by atoms with van der Waals surface area (Å²) < 4.78 is 10.8. The second-order valence-electron chi connectivity index (χ2n) is 4.42. The molecule has 0 saturated carbocycles. The Morgan fingerprint density at radius 3 is 2.65 bits per heavy atom. The Bertz CT molecular complexity index is 527. The van der Waals surface area contributed by atoms with Crippen molar-refractivity contribution in [2.24, 2.45) is 5.73 Å². The van der Waals surface area contributed by atoms with Gasteiger partial charge in [-0.15, -0.1) is 10.2 Å². The maximum atomic E-state index is 6.15. The summed E-state index contributed by atoms with van der Waals surface area (Å²) in [6, 6.07) is 7.82. The number of nitrogens with zero attached hydrogens (tertiary/aromatic N) is 2. The number of nitrogens with two attached hydrogens (primary N) is 1. The van der Waals surface area contributed by atoms with Crippen LogP contribution in [0.5, 0.6) is 5.75 Å². The number of aryl methyl sites for hydroxylation is 1. The first-order chi connectivity index (χ1) is 9.69. The van der Waals surface area contributed by atoms with E-state index in [4.69, 9.17) is 14.9 Å². The van der Waals surface area contributed by atoms with Crippen LogP contribution in [-0.4, -0.2) is 22.6 Å². The van der Waals surface area contributed by atoms with E-state index in [2.05, 4.69) is 17.1 Å². The van der Waals surface area contributed by atoms with Gasteiger partial charge in [0, 0.05) is 18.7 Å². The van der Waals surface area contributed by atoms with Crippen LogP contribution in [0.1, 0.15) is 30.8 Å². The summed E-state index contributed by atoms with van der Waals surface area (Å²) in [4.78, 5) is 0. The highest BCUT2D eigenvalue weighted by Crippen LogP contribution is 2.23. The van der Waals surface area contributed by atoms with E-state index in [1.807, 2.05) is 24.3 Å². The van der Waals surface area contributed by atoms with Crippen molar-refractivity contribution in [1.29, 1.82) is 0 Å². The topological polar surface area (TPSA) is 74.2 Å². The van der Waals surface area contributed by atoms with Gasteiger partial charge >= 0.3 is 0 Å². The number of hydrogen-bond donors (Lipinski definition) is 1. The Morgan fingerprint density at radius 1 is 1.30 bits per heavy atom. The molecule has 0 aliphatic rings. The van der Waals surface area contributed by atoms with Crippen LogP contribution in [0.15, 0.2) is 33.9 Å². The van der Waals surface area contributed by atoms with E-state index in [-0.39, 0.29) is 6.04 Å². The van der Waals surface area contributed by atoms with Gasteiger partial charge in [-0.2, -0.15) is 0 Å². The lowest BCUT2D eigenvalue weighted by Crippen LogP contribution is -2.12. The number of benzene rings is 1. The van der Waals surface area contributed by atoms with Crippen molar-refractivity contribution in [3.8, 4) is 5.75 Å². The third kappa shape index (κ3) is 4.25. The van der Waals surface area contributed by atoms with E-state index in [0.29, 0.717) is 16.9 Å². The fourth-order valence-electron chi connectivity index (χ4n) is 1.63. The molecule has 1 aromatic heterocycles. The van der Waals surface area contributed by atoms with E-state index in [1.165, 1.54) is 11.8 Å². The summed E-state index contributed by atoms with van der Waals surface area (Å²) in [5.74, 6) is 2.14. The minimum absolute atomic E-state index is 0.0765. The lowest BCUT2D eigenvalue weighted by Gasteiger charge is -2.11. The number of aromatic nitrogens is 2. The van der Waals surface area contributed by atoms with E-state index >= 15 is 0 Å². The maximum absolute atomic E-state index is 6.15. The van der Waals surface area contributed by atoms with E-state index in [0.717, 1.165) is 24.3 Å². The molecule has 2 rings (SSSR count).